The predicted molar refractivity (Wildman–Crippen MR) is 117 cm³/mol. The first-order valence-corrected chi connectivity index (χ1v) is 9.56. The van der Waals surface area contributed by atoms with Gasteiger partial charge in [0.1, 0.15) is 5.82 Å². The van der Waals surface area contributed by atoms with E-state index in [1.54, 1.807) is 4.90 Å². The Morgan fingerprint density at radius 3 is 2.58 bits per heavy atom. The van der Waals surface area contributed by atoms with Gasteiger partial charge >= 0.3 is 5.97 Å². The number of anilines is 3. The Bertz CT molecular complexity index is 1280. The molecule has 0 saturated heterocycles. The van der Waals surface area contributed by atoms with Gasteiger partial charge in [0.2, 0.25) is 11.9 Å². The van der Waals surface area contributed by atoms with E-state index in [0.29, 0.717) is 5.39 Å². The smallest absolute Gasteiger partial charge is 0.334 e. The van der Waals surface area contributed by atoms with Gasteiger partial charge in [-0.05, 0) is 23.3 Å². The van der Waals surface area contributed by atoms with Crippen molar-refractivity contribution < 1.29 is 15.0 Å². The molecule has 0 bridgehead atoms. The second kappa shape index (κ2) is 8.00. The highest BCUT2D eigenvalue weighted by molar-refractivity contribution is 5.87. The molecule has 0 aliphatic carbocycles. The van der Waals surface area contributed by atoms with Gasteiger partial charge in [-0.15, -0.1) is 0 Å². The fourth-order valence-corrected chi connectivity index (χ4v) is 3.55. The maximum atomic E-state index is 11.4. The van der Waals surface area contributed by atoms with Crippen molar-refractivity contribution in [3.05, 3.63) is 54.2 Å². The number of carboxylic acid groups (broad SMARTS) is 1. The Labute approximate surface area is 177 Å². The third kappa shape index (κ3) is 3.88. The minimum atomic E-state index is -1.64. The zero-order valence-corrected chi connectivity index (χ0v) is 16.7. The molecule has 0 aliphatic heterocycles. The number of carbonyl (C=O) groups is 1. The van der Waals surface area contributed by atoms with Crippen LogP contribution in [0, 0.1) is 0 Å². The van der Waals surface area contributed by atoms with Crippen LogP contribution in [0.25, 0.3) is 21.8 Å². The molecule has 0 radical (unpaired) electrons. The topological polar surface area (TPSA) is 164 Å². The molecule has 158 valence electrons. The number of aliphatic hydroxyl groups excluding tert-OH is 1. The van der Waals surface area contributed by atoms with Crippen LogP contribution in [-0.4, -0.2) is 48.8 Å². The van der Waals surface area contributed by atoms with Gasteiger partial charge in [-0.1, -0.05) is 42.5 Å². The summed E-state index contributed by atoms with van der Waals surface area (Å²) in [6.45, 7) is 1.66. The highest BCUT2D eigenvalue weighted by Gasteiger charge is 2.26. The lowest BCUT2D eigenvalue weighted by Gasteiger charge is -2.31. The summed E-state index contributed by atoms with van der Waals surface area (Å²) in [5.74, 6) is -1.04. The van der Waals surface area contributed by atoms with E-state index in [-0.39, 0.29) is 35.9 Å². The molecule has 0 spiro atoms. The summed E-state index contributed by atoms with van der Waals surface area (Å²) < 4.78 is 0. The number of nitrogens with zero attached hydrogens (tertiary/aromatic N) is 5. The highest BCUT2D eigenvalue weighted by atomic mass is 16.4. The van der Waals surface area contributed by atoms with Crippen LogP contribution in [-0.2, 0) is 4.79 Å². The van der Waals surface area contributed by atoms with Crippen LogP contribution in [0.4, 0.5) is 17.7 Å². The number of fused-ring (bicyclic) bond motifs is 2. The molecule has 0 unspecified atom stereocenters. The van der Waals surface area contributed by atoms with Crippen LogP contribution in [0.15, 0.2) is 48.7 Å². The summed E-state index contributed by atoms with van der Waals surface area (Å²) in [6.07, 6.45) is -0.181. The summed E-state index contributed by atoms with van der Waals surface area (Å²) in [5, 5.41) is 21.9. The van der Waals surface area contributed by atoms with Crippen molar-refractivity contribution in [1.82, 2.24) is 19.9 Å². The van der Waals surface area contributed by atoms with Crippen molar-refractivity contribution in [2.45, 2.75) is 19.1 Å². The summed E-state index contributed by atoms with van der Waals surface area (Å²) in [7, 11) is 0. The molecule has 0 amide bonds. The highest BCUT2D eigenvalue weighted by Crippen LogP contribution is 2.31. The van der Waals surface area contributed by atoms with E-state index >= 15 is 0 Å². The minimum absolute atomic E-state index is 0.0335. The van der Waals surface area contributed by atoms with Gasteiger partial charge in [-0.2, -0.15) is 15.0 Å². The number of nitrogen functional groups attached to an aromatic ring is 2. The SMILES string of the molecule is C[C@@H](c1cccc2ccccc12)N(C[C@@H](O)C(=O)O)c1ncc2c(N)nc(N)nc2n1. The second-order valence-corrected chi connectivity index (χ2v) is 7.13. The average molecular weight is 419 g/mol. The number of aliphatic hydroxyl groups is 1. The van der Waals surface area contributed by atoms with Crippen molar-refractivity contribution in [2.75, 3.05) is 22.9 Å². The average Bonchev–Trinajstić information content (AvgIpc) is 2.75. The molecule has 2 aromatic heterocycles. The minimum Gasteiger partial charge on any atom is -0.479 e. The van der Waals surface area contributed by atoms with Gasteiger partial charge in [0.15, 0.2) is 11.8 Å². The fourth-order valence-electron chi connectivity index (χ4n) is 3.55. The fraction of sp³-hybridized carbons (Fsp3) is 0.190. The maximum Gasteiger partial charge on any atom is 0.334 e. The van der Waals surface area contributed by atoms with Crippen LogP contribution in [0.2, 0.25) is 0 Å². The van der Waals surface area contributed by atoms with Gasteiger partial charge in [-0.25, -0.2) is 9.78 Å². The van der Waals surface area contributed by atoms with E-state index in [0.717, 1.165) is 16.3 Å². The predicted octanol–water partition coefficient (Wildman–Crippen LogP) is 1.75. The molecule has 6 N–H and O–H groups in total. The monoisotopic (exact) mass is 419 g/mol. The number of benzene rings is 2. The van der Waals surface area contributed by atoms with E-state index < -0.39 is 12.1 Å². The lowest BCUT2D eigenvalue weighted by Crippen LogP contribution is -2.39. The van der Waals surface area contributed by atoms with Crippen LogP contribution < -0.4 is 16.4 Å². The Hall–Kier alpha value is -4.05. The summed E-state index contributed by atoms with van der Waals surface area (Å²) in [4.78, 5) is 29.8. The second-order valence-electron chi connectivity index (χ2n) is 7.13. The number of nitrogens with two attached hydrogens (primary N) is 2. The van der Waals surface area contributed by atoms with Crippen LogP contribution in [0.3, 0.4) is 0 Å². The molecular weight excluding hydrogens is 398 g/mol. The van der Waals surface area contributed by atoms with E-state index in [9.17, 15) is 15.0 Å². The number of rotatable bonds is 6. The van der Waals surface area contributed by atoms with Gasteiger partial charge in [-0.3, -0.25) is 0 Å². The molecule has 0 fully saturated rings. The van der Waals surface area contributed by atoms with Crippen molar-refractivity contribution >= 4 is 45.5 Å². The molecule has 2 aromatic carbocycles. The van der Waals surface area contributed by atoms with Gasteiger partial charge in [0.05, 0.1) is 18.0 Å². The Kier molecular flexibility index (Phi) is 5.22. The van der Waals surface area contributed by atoms with Crippen LogP contribution >= 0.6 is 0 Å². The molecular formula is C21H21N7O3. The Balaban J connectivity index is 1.84. The van der Waals surface area contributed by atoms with E-state index in [4.69, 9.17) is 11.5 Å². The first kappa shape index (κ1) is 20.2. The largest absolute Gasteiger partial charge is 0.479 e. The quantitative estimate of drug-likeness (QED) is 0.362. The molecule has 10 nitrogen and oxygen atoms in total. The van der Waals surface area contributed by atoms with Crippen molar-refractivity contribution in [3.63, 3.8) is 0 Å². The molecule has 2 atom stereocenters. The summed E-state index contributed by atoms with van der Waals surface area (Å²) in [6, 6.07) is 13.4. The van der Waals surface area contributed by atoms with Crippen molar-refractivity contribution in [2.24, 2.45) is 0 Å². The first-order valence-electron chi connectivity index (χ1n) is 9.56. The van der Waals surface area contributed by atoms with Crippen LogP contribution in [0.1, 0.15) is 18.5 Å². The lowest BCUT2D eigenvalue weighted by atomic mass is 9.98. The third-order valence-electron chi connectivity index (χ3n) is 5.14. The lowest BCUT2D eigenvalue weighted by molar-refractivity contribution is -0.146. The zero-order valence-electron chi connectivity index (χ0n) is 16.7. The van der Waals surface area contributed by atoms with Crippen molar-refractivity contribution in [1.29, 1.82) is 0 Å². The van der Waals surface area contributed by atoms with Crippen LogP contribution in [0.5, 0.6) is 0 Å². The van der Waals surface area contributed by atoms with Gasteiger partial charge in [0.25, 0.3) is 0 Å². The molecule has 10 heteroatoms. The third-order valence-corrected chi connectivity index (χ3v) is 5.14. The molecule has 2 heterocycles. The Morgan fingerprint density at radius 2 is 1.81 bits per heavy atom. The number of hydrogen-bond donors (Lipinski definition) is 4. The van der Waals surface area contributed by atoms with E-state index in [1.807, 2.05) is 49.4 Å². The first-order chi connectivity index (χ1) is 14.8. The summed E-state index contributed by atoms with van der Waals surface area (Å²) >= 11 is 0. The van der Waals surface area contributed by atoms with E-state index in [2.05, 4.69) is 19.9 Å². The number of aromatic nitrogens is 4. The van der Waals surface area contributed by atoms with E-state index in [1.165, 1.54) is 6.20 Å². The Morgan fingerprint density at radius 1 is 1.06 bits per heavy atom. The molecule has 4 rings (SSSR count). The molecule has 0 saturated carbocycles. The number of aliphatic carboxylic acids is 1. The molecule has 0 aliphatic rings. The van der Waals surface area contributed by atoms with Crippen molar-refractivity contribution in [3.8, 4) is 0 Å². The number of carboxylic acids is 1. The van der Waals surface area contributed by atoms with Gasteiger partial charge < -0.3 is 26.6 Å². The standard InChI is InChI=1S/C21H21N7O3/c1-11(13-8-4-6-12-5-2-3-7-14(12)13)28(10-16(29)19(30)31)21-24-9-15-17(22)25-20(23)26-18(15)27-21/h2-9,11,16,29H,10H2,1H3,(H,30,31)(H4,22,23,24,25,26,27)/t11-,16+/m0/s1. The summed E-state index contributed by atoms with van der Waals surface area (Å²) in [5.41, 5.74) is 12.7. The normalized spacial score (nSPS) is 13.2. The molecule has 4 aromatic rings. The number of hydrogen-bond acceptors (Lipinski definition) is 9. The van der Waals surface area contributed by atoms with Gasteiger partial charge in [0, 0.05) is 6.20 Å². The zero-order chi connectivity index (χ0) is 22.1. The maximum absolute atomic E-state index is 11.4. The molecule has 31 heavy (non-hydrogen) atoms.